The zero-order valence-electron chi connectivity index (χ0n) is 16.2. The van der Waals surface area contributed by atoms with Gasteiger partial charge < -0.3 is 24.6 Å². The summed E-state index contributed by atoms with van der Waals surface area (Å²) in [5.41, 5.74) is 2.07. The molecule has 1 aliphatic rings. The van der Waals surface area contributed by atoms with Crippen molar-refractivity contribution in [1.82, 2.24) is 10.1 Å². The number of aromatic nitrogens is 2. The minimum Gasteiger partial charge on any atom is -0.454 e. The number of anilines is 2. The highest BCUT2D eigenvalue weighted by molar-refractivity contribution is 8.00. The van der Waals surface area contributed by atoms with Crippen LogP contribution in [0.25, 0.3) is 0 Å². The van der Waals surface area contributed by atoms with Crippen LogP contribution in [0.2, 0.25) is 0 Å². The smallest absolute Gasteiger partial charge is 0.258 e. The number of ether oxygens (including phenoxy) is 2. The maximum Gasteiger partial charge on any atom is 0.258 e. The number of hydrogen-bond donors (Lipinski definition) is 2. The molecular formula is C20H18N4O5S. The van der Waals surface area contributed by atoms with Crippen LogP contribution in [0.3, 0.4) is 0 Å². The molecule has 30 heavy (non-hydrogen) atoms. The Morgan fingerprint density at radius 2 is 1.97 bits per heavy atom. The molecule has 0 atom stereocenters. The molecule has 0 spiro atoms. The average Bonchev–Trinajstić information content (AvgIpc) is 3.33. The van der Waals surface area contributed by atoms with Gasteiger partial charge in [-0.25, -0.2) is 4.98 Å². The van der Waals surface area contributed by atoms with Crippen LogP contribution < -0.4 is 20.1 Å². The Bertz CT molecular complexity index is 1090. The van der Waals surface area contributed by atoms with Crippen molar-refractivity contribution in [3.05, 3.63) is 53.5 Å². The summed E-state index contributed by atoms with van der Waals surface area (Å²) in [5, 5.41) is 9.86. The van der Waals surface area contributed by atoms with Crippen molar-refractivity contribution < 1.29 is 23.6 Å². The normalized spacial score (nSPS) is 11.9. The second-order valence-corrected chi connectivity index (χ2v) is 7.38. The average molecular weight is 426 g/mol. The zero-order valence-corrected chi connectivity index (χ0v) is 17.0. The molecule has 0 fully saturated rings. The van der Waals surface area contributed by atoms with Gasteiger partial charge in [-0.05, 0) is 38.1 Å². The van der Waals surface area contributed by atoms with Crippen LogP contribution in [0.4, 0.5) is 11.4 Å². The number of aryl methyl sites for hydroxylation is 2. The van der Waals surface area contributed by atoms with Gasteiger partial charge in [0.1, 0.15) is 16.4 Å². The van der Waals surface area contributed by atoms with Gasteiger partial charge in [-0.2, -0.15) is 0 Å². The maximum atomic E-state index is 12.7. The lowest BCUT2D eigenvalue weighted by molar-refractivity contribution is -0.113. The Morgan fingerprint density at radius 1 is 1.13 bits per heavy atom. The fraction of sp³-hybridized carbons (Fsp3) is 0.200. The summed E-state index contributed by atoms with van der Waals surface area (Å²) in [6, 6.07) is 8.49. The number of hydrogen-bond acceptors (Lipinski definition) is 8. The van der Waals surface area contributed by atoms with Crippen molar-refractivity contribution in [2.24, 2.45) is 0 Å². The van der Waals surface area contributed by atoms with Gasteiger partial charge >= 0.3 is 0 Å². The van der Waals surface area contributed by atoms with Crippen LogP contribution >= 0.6 is 11.8 Å². The Kier molecular flexibility index (Phi) is 5.57. The van der Waals surface area contributed by atoms with E-state index in [1.807, 2.05) is 0 Å². The van der Waals surface area contributed by atoms with Gasteiger partial charge in [-0.1, -0.05) is 16.9 Å². The lowest BCUT2D eigenvalue weighted by Crippen LogP contribution is -2.16. The number of fused-ring (bicyclic) bond motifs is 1. The first-order valence-electron chi connectivity index (χ1n) is 9.03. The van der Waals surface area contributed by atoms with E-state index in [2.05, 4.69) is 20.8 Å². The highest BCUT2D eigenvalue weighted by Crippen LogP contribution is 2.34. The first-order valence-corrected chi connectivity index (χ1v) is 10.0. The lowest BCUT2D eigenvalue weighted by Gasteiger charge is -2.09. The summed E-state index contributed by atoms with van der Waals surface area (Å²) in [6.45, 7) is 3.63. The summed E-state index contributed by atoms with van der Waals surface area (Å²) < 4.78 is 15.6. The number of thioether (sulfide) groups is 1. The second-order valence-electron chi connectivity index (χ2n) is 6.41. The molecule has 2 N–H and O–H groups in total. The first kappa shape index (κ1) is 19.8. The summed E-state index contributed by atoms with van der Waals surface area (Å²) in [6.07, 6.45) is 1.57. The number of benzene rings is 1. The van der Waals surface area contributed by atoms with Gasteiger partial charge in [-0.15, -0.1) is 0 Å². The molecule has 0 unspecified atom stereocenters. The Balaban J connectivity index is 1.40. The van der Waals surface area contributed by atoms with E-state index in [0.717, 1.165) is 0 Å². The van der Waals surface area contributed by atoms with Crippen molar-refractivity contribution in [3.63, 3.8) is 0 Å². The van der Waals surface area contributed by atoms with Gasteiger partial charge in [0.2, 0.25) is 12.7 Å². The van der Waals surface area contributed by atoms with Crippen molar-refractivity contribution in [3.8, 4) is 11.5 Å². The van der Waals surface area contributed by atoms with Crippen LogP contribution in [-0.4, -0.2) is 34.5 Å². The molecular weight excluding hydrogens is 408 g/mol. The molecule has 0 aliphatic carbocycles. The number of carbonyl (C=O) groups is 2. The van der Waals surface area contributed by atoms with Gasteiger partial charge in [0.25, 0.3) is 5.91 Å². The number of rotatable bonds is 6. The quantitative estimate of drug-likeness (QED) is 0.576. The van der Waals surface area contributed by atoms with E-state index in [9.17, 15) is 9.59 Å². The van der Waals surface area contributed by atoms with Crippen molar-refractivity contribution >= 4 is 35.0 Å². The molecule has 0 bridgehead atoms. The number of pyridine rings is 1. The number of nitrogens with one attached hydrogen (secondary N) is 2. The number of carbonyl (C=O) groups excluding carboxylic acids is 2. The number of amides is 2. The van der Waals surface area contributed by atoms with E-state index in [1.54, 1.807) is 50.4 Å². The fourth-order valence-corrected chi connectivity index (χ4v) is 3.62. The Morgan fingerprint density at radius 3 is 2.77 bits per heavy atom. The molecule has 154 valence electrons. The maximum absolute atomic E-state index is 12.7. The molecule has 2 amide bonds. The molecule has 1 aromatic carbocycles. The second kappa shape index (κ2) is 8.46. The molecule has 2 aromatic heterocycles. The van der Waals surface area contributed by atoms with E-state index in [4.69, 9.17) is 14.0 Å². The third-order valence-electron chi connectivity index (χ3n) is 4.28. The Labute approximate surface area is 176 Å². The van der Waals surface area contributed by atoms with E-state index in [1.165, 1.54) is 11.8 Å². The fourth-order valence-electron chi connectivity index (χ4n) is 2.83. The zero-order chi connectivity index (χ0) is 21.1. The van der Waals surface area contributed by atoms with Crippen molar-refractivity contribution in [2.45, 2.75) is 18.9 Å². The predicted molar refractivity (Wildman–Crippen MR) is 110 cm³/mol. The predicted octanol–water partition coefficient (Wildman–Crippen LogP) is 3.40. The summed E-state index contributed by atoms with van der Waals surface area (Å²) in [4.78, 5) is 29.3. The molecule has 4 rings (SSSR count). The highest BCUT2D eigenvalue weighted by atomic mass is 32.2. The summed E-state index contributed by atoms with van der Waals surface area (Å²) in [5.74, 6) is 1.24. The van der Waals surface area contributed by atoms with Crippen LogP contribution in [0.5, 0.6) is 11.5 Å². The molecule has 0 saturated carbocycles. The molecule has 3 heterocycles. The van der Waals surface area contributed by atoms with Crippen LogP contribution in [0.15, 0.2) is 46.1 Å². The molecule has 1 aliphatic heterocycles. The third kappa shape index (κ3) is 4.23. The monoisotopic (exact) mass is 426 g/mol. The van der Waals surface area contributed by atoms with E-state index in [-0.39, 0.29) is 24.4 Å². The minimum atomic E-state index is -0.351. The van der Waals surface area contributed by atoms with Crippen LogP contribution in [-0.2, 0) is 4.79 Å². The third-order valence-corrected chi connectivity index (χ3v) is 5.29. The summed E-state index contributed by atoms with van der Waals surface area (Å²) >= 11 is 1.17. The number of nitrogens with zero attached hydrogens (tertiary/aromatic N) is 2. The Hall–Kier alpha value is -3.53. The van der Waals surface area contributed by atoms with Crippen molar-refractivity contribution in [2.75, 3.05) is 23.2 Å². The standard InChI is InChI=1S/C20H18N4O5S/c1-11-18(12(2)29-24-11)23-19(26)14-4-3-7-21-20(14)30-9-17(25)22-13-5-6-15-16(8-13)28-10-27-15/h3-8H,9-10H2,1-2H3,(H,22,25)(H,23,26). The van der Waals surface area contributed by atoms with Gasteiger partial charge in [-0.3, -0.25) is 9.59 Å². The molecule has 0 saturated heterocycles. The van der Waals surface area contributed by atoms with E-state index < -0.39 is 0 Å². The van der Waals surface area contributed by atoms with Gasteiger partial charge in [0.15, 0.2) is 17.3 Å². The van der Waals surface area contributed by atoms with Gasteiger partial charge in [0, 0.05) is 18.0 Å². The largest absolute Gasteiger partial charge is 0.454 e. The van der Waals surface area contributed by atoms with Crippen LogP contribution in [0.1, 0.15) is 21.8 Å². The molecule has 3 aromatic rings. The summed E-state index contributed by atoms with van der Waals surface area (Å²) in [7, 11) is 0. The first-order chi connectivity index (χ1) is 14.5. The van der Waals surface area contributed by atoms with Crippen molar-refractivity contribution in [1.29, 1.82) is 0 Å². The SMILES string of the molecule is Cc1noc(C)c1NC(=O)c1cccnc1SCC(=O)Nc1ccc2c(c1)OCO2. The molecule has 0 radical (unpaired) electrons. The highest BCUT2D eigenvalue weighted by Gasteiger charge is 2.19. The molecule has 10 heteroatoms. The minimum absolute atomic E-state index is 0.0804. The van der Waals surface area contributed by atoms with Gasteiger partial charge in [0.05, 0.1) is 11.3 Å². The topological polar surface area (TPSA) is 116 Å². The van der Waals surface area contributed by atoms with E-state index in [0.29, 0.717) is 44.9 Å². The van der Waals surface area contributed by atoms with Crippen LogP contribution in [0, 0.1) is 13.8 Å². The lowest BCUT2D eigenvalue weighted by atomic mass is 10.2. The van der Waals surface area contributed by atoms with E-state index >= 15 is 0 Å². The molecule has 9 nitrogen and oxygen atoms in total.